The van der Waals surface area contributed by atoms with E-state index in [0.29, 0.717) is 19.0 Å². The molecule has 0 aromatic heterocycles. The van der Waals surface area contributed by atoms with E-state index in [2.05, 4.69) is 6.92 Å². The predicted molar refractivity (Wildman–Crippen MR) is 82.3 cm³/mol. The van der Waals surface area contributed by atoms with Gasteiger partial charge in [-0.1, -0.05) is 25.5 Å². The number of nitrogens with zero attached hydrogens (tertiary/aromatic N) is 2. The Labute approximate surface area is 130 Å². The minimum atomic E-state index is -0.371. The summed E-state index contributed by atoms with van der Waals surface area (Å²) in [7, 11) is 1.63. The van der Waals surface area contributed by atoms with E-state index in [0.717, 1.165) is 30.7 Å². The molecule has 2 fully saturated rings. The average Bonchev–Trinajstić information content (AvgIpc) is 2.96. The summed E-state index contributed by atoms with van der Waals surface area (Å²) in [6.45, 7) is 4.01. The Morgan fingerprint density at radius 3 is 2.50 bits per heavy atom. The molecule has 0 aliphatic carbocycles. The van der Waals surface area contributed by atoms with Gasteiger partial charge in [0.2, 0.25) is 0 Å². The van der Waals surface area contributed by atoms with Crippen LogP contribution in [0.5, 0.6) is 5.75 Å². The second-order valence-corrected chi connectivity index (χ2v) is 6.16. The second-order valence-electron chi connectivity index (χ2n) is 6.16. The van der Waals surface area contributed by atoms with Crippen LogP contribution in [0.1, 0.15) is 25.3 Å². The van der Waals surface area contributed by atoms with E-state index in [1.165, 1.54) is 0 Å². The number of fused-ring (bicyclic) bond motifs is 1. The summed E-state index contributed by atoms with van der Waals surface area (Å²) < 4.78 is 5.14. The van der Waals surface area contributed by atoms with Crippen LogP contribution in [0.15, 0.2) is 24.3 Å². The van der Waals surface area contributed by atoms with E-state index >= 15 is 0 Å². The number of carbonyl (C=O) groups is 2. The van der Waals surface area contributed by atoms with E-state index in [-0.39, 0.29) is 17.9 Å². The van der Waals surface area contributed by atoms with Gasteiger partial charge in [-0.2, -0.15) is 0 Å². The van der Waals surface area contributed by atoms with Crippen molar-refractivity contribution in [2.24, 2.45) is 5.92 Å². The van der Waals surface area contributed by atoms with Crippen LogP contribution in [0.4, 0.5) is 0 Å². The quantitative estimate of drug-likeness (QED) is 0.795. The molecule has 2 atom stereocenters. The van der Waals surface area contributed by atoms with Crippen molar-refractivity contribution < 1.29 is 14.3 Å². The molecule has 0 radical (unpaired) electrons. The van der Waals surface area contributed by atoms with Crippen LogP contribution in [-0.2, 0) is 16.1 Å². The third-order valence-electron chi connectivity index (χ3n) is 4.77. The molecule has 2 aliphatic rings. The molecule has 5 heteroatoms. The van der Waals surface area contributed by atoms with Crippen LogP contribution in [0.3, 0.4) is 0 Å². The average molecular weight is 302 g/mol. The van der Waals surface area contributed by atoms with Gasteiger partial charge >= 0.3 is 11.8 Å². The maximum absolute atomic E-state index is 12.3. The Kier molecular flexibility index (Phi) is 4.05. The first-order valence-electron chi connectivity index (χ1n) is 7.85. The molecule has 22 heavy (non-hydrogen) atoms. The van der Waals surface area contributed by atoms with Crippen molar-refractivity contribution in [3.63, 3.8) is 0 Å². The Morgan fingerprint density at radius 2 is 1.86 bits per heavy atom. The van der Waals surface area contributed by atoms with Crippen molar-refractivity contribution in [3.8, 4) is 5.75 Å². The molecule has 2 unspecified atom stereocenters. The van der Waals surface area contributed by atoms with Crippen molar-refractivity contribution in [2.45, 2.75) is 32.4 Å². The van der Waals surface area contributed by atoms with Gasteiger partial charge in [0.25, 0.3) is 0 Å². The topological polar surface area (TPSA) is 49.9 Å². The highest BCUT2D eigenvalue weighted by Gasteiger charge is 2.43. The lowest BCUT2D eigenvalue weighted by molar-refractivity contribution is -0.158. The molecule has 0 saturated carbocycles. The van der Waals surface area contributed by atoms with Gasteiger partial charge in [0.1, 0.15) is 5.75 Å². The van der Waals surface area contributed by atoms with E-state index in [4.69, 9.17) is 4.74 Å². The number of amides is 2. The first-order chi connectivity index (χ1) is 10.6. The van der Waals surface area contributed by atoms with Crippen molar-refractivity contribution in [1.29, 1.82) is 0 Å². The zero-order valence-corrected chi connectivity index (χ0v) is 13.1. The summed E-state index contributed by atoms with van der Waals surface area (Å²) in [5.74, 6) is 0.616. The molecule has 2 aliphatic heterocycles. The number of ether oxygens (including phenoxy) is 1. The van der Waals surface area contributed by atoms with Crippen LogP contribution in [0, 0.1) is 5.92 Å². The Hall–Kier alpha value is -2.04. The monoisotopic (exact) mass is 302 g/mol. The molecule has 0 N–H and O–H groups in total. The van der Waals surface area contributed by atoms with E-state index in [1.54, 1.807) is 16.9 Å². The standard InChI is InChI=1S/C17H22N2O3/c1-3-12-8-14-11-18(16(20)17(21)19(14)10-12)9-13-4-6-15(22-2)7-5-13/h4-7,12,14H,3,8-11H2,1-2H3. The smallest absolute Gasteiger partial charge is 0.312 e. The lowest BCUT2D eigenvalue weighted by Gasteiger charge is -2.36. The zero-order chi connectivity index (χ0) is 15.7. The summed E-state index contributed by atoms with van der Waals surface area (Å²) in [6, 6.07) is 7.81. The lowest BCUT2D eigenvalue weighted by Crippen LogP contribution is -2.56. The number of piperazine rings is 1. The summed E-state index contributed by atoms with van der Waals surface area (Å²) in [6.07, 6.45) is 2.07. The van der Waals surface area contributed by atoms with Crippen molar-refractivity contribution in [1.82, 2.24) is 9.80 Å². The van der Waals surface area contributed by atoms with Gasteiger partial charge < -0.3 is 14.5 Å². The van der Waals surface area contributed by atoms with Crippen LogP contribution in [0.25, 0.3) is 0 Å². The maximum Gasteiger partial charge on any atom is 0.312 e. The van der Waals surface area contributed by atoms with Crippen LogP contribution < -0.4 is 4.74 Å². The molecule has 2 amide bonds. The first kappa shape index (κ1) is 14.9. The normalized spacial score (nSPS) is 24.6. The maximum atomic E-state index is 12.3. The molecule has 1 aromatic carbocycles. The molecule has 3 rings (SSSR count). The van der Waals surface area contributed by atoms with Crippen LogP contribution >= 0.6 is 0 Å². The SMILES string of the molecule is CCC1CC2CN(Cc3ccc(OC)cc3)C(=O)C(=O)N2C1. The number of benzene rings is 1. The minimum absolute atomic E-state index is 0.188. The highest BCUT2D eigenvalue weighted by atomic mass is 16.5. The fourth-order valence-corrected chi connectivity index (χ4v) is 3.41. The molecular weight excluding hydrogens is 280 g/mol. The Morgan fingerprint density at radius 1 is 1.14 bits per heavy atom. The second kappa shape index (κ2) is 5.99. The van der Waals surface area contributed by atoms with Crippen LogP contribution in [0.2, 0.25) is 0 Å². The van der Waals surface area contributed by atoms with Gasteiger partial charge in [-0.15, -0.1) is 0 Å². The molecular formula is C17H22N2O3. The van der Waals surface area contributed by atoms with Crippen molar-refractivity contribution in [2.75, 3.05) is 20.2 Å². The van der Waals surface area contributed by atoms with Gasteiger partial charge in [-0.05, 0) is 30.0 Å². The van der Waals surface area contributed by atoms with Gasteiger partial charge in [0.05, 0.1) is 13.2 Å². The first-order valence-corrected chi connectivity index (χ1v) is 7.85. The summed E-state index contributed by atoms with van der Waals surface area (Å²) in [5, 5.41) is 0. The number of carbonyl (C=O) groups excluding carboxylic acids is 2. The molecule has 0 bridgehead atoms. The van der Waals surface area contributed by atoms with Gasteiger partial charge in [-0.25, -0.2) is 0 Å². The molecule has 1 aromatic rings. The van der Waals surface area contributed by atoms with Gasteiger partial charge in [0.15, 0.2) is 0 Å². The number of hydrogen-bond donors (Lipinski definition) is 0. The zero-order valence-electron chi connectivity index (χ0n) is 13.1. The molecule has 2 heterocycles. The third-order valence-corrected chi connectivity index (χ3v) is 4.77. The summed E-state index contributed by atoms with van der Waals surface area (Å²) >= 11 is 0. The fraction of sp³-hybridized carbons (Fsp3) is 0.529. The molecule has 2 saturated heterocycles. The van der Waals surface area contributed by atoms with Gasteiger partial charge in [-0.3, -0.25) is 9.59 Å². The van der Waals surface area contributed by atoms with E-state index in [1.807, 2.05) is 24.3 Å². The van der Waals surface area contributed by atoms with Gasteiger partial charge in [0, 0.05) is 19.6 Å². The van der Waals surface area contributed by atoms with Crippen LogP contribution in [-0.4, -0.2) is 47.9 Å². The third kappa shape index (κ3) is 2.67. The number of methoxy groups -OCH3 is 1. The predicted octanol–water partition coefficient (Wildman–Crippen LogP) is 1.66. The summed E-state index contributed by atoms with van der Waals surface area (Å²) in [5.41, 5.74) is 1.01. The molecule has 0 spiro atoms. The highest BCUT2D eigenvalue weighted by molar-refractivity contribution is 6.35. The minimum Gasteiger partial charge on any atom is -0.497 e. The lowest BCUT2D eigenvalue weighted by atomic mass is 10.0. The van der Waals surface area contributed by atoms with Crippen molar-refractivity contribution >= 4 is 11.8 Å². The van der Waals surface area contributed by atoms with E-state index in [9.17, 15) is 9.59 Å². The fourth-order valence-electron chi connectivity index (χ4n) is 3.41. The number of hydrogen-bond acceptors (Lipinski definition) is 3. The number of rotatable bonds is 4. The van der Waals surface area contributed by atoms with Crippen molar-refractivity contribution in [3.05, 3.63) is 29.8 Å². The molecule has 118 valence electrons. The Bertz CT molecular complexity index is 570. The highest BCUT2D eigenvalue weighted by Crippen LogP contribution is 2.30. The molecule has 5 nitrogen and oxygen atoms in total. The summed E-state index contributed by atoms with van der Waals surface area (Å²) in [4.78, 5) is 28.0. The van der Waals surface area contributed by atoms with E-state index < -0.39 is 0 Å². The largest absolute Gasteiger partial charge is 0.497 e. The Balaban J connectivity index is 1.71.